The zero-order chi connectivity index (χ0) is 19.6. The van der Waals surface area contributed by atoms with Crippen molar-refractivity contribution in [2.75, 3.05) is 17.7 Å². The minimum Gasteiger partial charge on any atom is -0.368 e. The molecule has 4 N–H and O–H groups in total. The van der Waals surface area contributed by atoms with Crippen LogP contribution in [0.4, 0.5) is 10.1 Å². The summed E-state index contributed by atoms with van der Waals surface area (Å²) in [4.78, 5) is 14.7. The summed E-state index contributed by atoms with van der Waals surface area (Å²) >= 11 is 0. The number of carbonyl (C=O) groups excluding carboxylic acids is 1. The summed E-state index contributed by atoms with van der Waals surface area (Å²) in [6.45, 7) is 0.875. The van der Waals surface area contributed by atoms with Gasteiger partial charge in [-0.15, -0.1) is 0 Å². The van der Waals surface area contributed by atoms with E-state index in [1.54, 1.807) is 18.4 Å². The number of benzene rings is 2. The molecule has 0 aromatic heterocycles. The van der Waals surface area contributed by atoms with Crippen molar-refractivity contribution in [2.24, 2.45) is 11.5 Å². The largest absolute Gasteiger partial charge is 0.368 e. The van der Waals surface area contributed by atoms with E-state index in [0.717, 1.165) is 29.7 Å². The van der Waals surface area contributed by atoms with Gasteiger partial charge in [0.2, 0.25) is 5.91 Å². The predicted octanol–water partition coefficient (Wildman–Crippen LogP) is 2.53. The molecule has 0 bridgehead atoms. The second-order valence-corrected chi connectivity index (χ2v) is 8.13. The highest BCUT2D eigenvalue weighted by atomic mass is 32.2. The van der Waals surface area contributed by atoms with E-state index < -0.39 is 16.8 Å². The monoisotopic (exact) mass is 389 g/mol. The highest BCUT2D eigenvalue weighted by Crippen LogP contribution is 2.37. The van der Waals surface area contributed by atoms with Gasteiger partial charge >= 0.3 is 0 Å². The lowest BCUT2D eigenvalue weighted by Gasteiger charge is -2.37. The van der Waals surface area contributed by atoms with E-state index >= 15 is 0 Å². The topological polar surface area (TPSA) is 89.4 Å². The van der Waals surface area contributed by atoms with Gasteiger partial charge in [-0.2, -0.15) is 0 Å². The SMILES string of the molecule is CS(=O)c1ccc(N2CCCCC2C(N)=O)c(-c2ccc(F)cc2CN)c1. The molecule has 1 fully saturated rings. The Labute approximate surface area is 161 Å². The third-order valence-electron chi connectivity index (χ3n) is 5.02. The third-order valence-corrected chi connectivity index (χ3v) is 5.94. The van der Waals surface area contributed by atoms with Crippen LogP contribution in [0.3, 0.4) is 0 Å². The van der Waals surface area contributed by atoms with E-state index in [1.807, 2.05) is 17.0 Å². The van der Waals surface area contributed by atoms with Crippen LogP contribution in [0.5, 0.6) is 0 Å². The molecule has 5 nitrogen and oxygen atoms in total. The first kappa shape index (κ1) is 19.5. The third kappa shape index (κ3) is 4.04. The van der Waals surface area contributed by atoms with Gasteiger partial charge in [0.1, 0.15) is 11.9 Å². The fraction of sp³-hybridized carbons (Fsp3) is 0.350. The normalized spacial score (nSPS) is 18.3. The number of primary amides is 1. The Hall–Kier alpha value is -2.25. The second-order valence-electron chi connectivity index (χ2n) is 6.75. The van der Waals surface area contributed by atoms with Crippen LogP contribution in [0.2, 0.25) is 0 Å². The van der Waals surface area contributed by atoms with Crippen molar-refractivity contribution in [1.82, 2.24) is 0 Å². The molecule has 2 aromatic carbocycles. The maximum Gasteiger partial charge on any atom is 0.240 e. The van der Waals surface area contributed by atoms with E-state index in [1.165, 1.54) is 12.1 Å². The summed E-state index contributed by atoms with van der Waals surface area (Å²) in [5.41, 5.74) is 14.5. The van der Waals surface area contributed by atoms with Crippen molar-refractivity contribution in [3.05, 3.63) is 47.8 Å². The van der Waals surface area contributed by atoms with Crippen molar-refractivity contribution in [2.45, 2.75) is 36.7 Å². The molecule has 7 heteroatoms. The van der Waals surface area contributed by atoms with Gasteiger partial charge in [-0.25, -0.2) is 4.39 Å². The lowest BCUT2D eigenvalue weighted by molar-refractivity contribution is -0.119. The van der Waals surface area contributed by atoms with Gasteiger partial charge in [0.05, 0.1) is 0 Å². The van der Waals surface area contributed by atoms with E-state index in [2.05, 4.69) is 0 Å². The molecule has 0 saturated carbocycles. The van der Waals surface area contributed by atoms with Crippen LogP contribution in [0.25, 0.3) is 11.1 Å². The van der Waals surface area contributed by atoms with Crippen LogP contribution in [0.15, 0.2) is 41.3 Å². The van der Waals surface area contributed by atoms with Gasteiger partial charge in [0, 0.05) is 46.3 Å². The standard InChI is InChI=1S/C20H24FN3O2S/c1-27(26)15-6-8-18(24-9-3-2-4-19(24)20(23)25)17(11-15)16-7-5-14(21)10-13(16)12-22/h5-8,10-11,19H,2-4,9,12,22H2,1H3,(H2,23,25). The quantitative estimate of drug-likeness (QED) is 0.822. The average Bonchev–Trinajstić information content (AvgIpc) is 2.67. The van der Waals surface area contributed by atoms with E-state index in [9.17, 15) is 13.4 Å². The first-order valence-electron chi connectivity index (χ1n) is 8.94. The maximum atomic E-state index is 13.7. The first-order chi connectivity index (χ1) is 12.9. The minimum atomic E-state index is -1.17. The fourth-order valence-electron chi connectivity index (χ4n) is 3.67. The summed E-state index contributed by atoms with van der Waals surface area (Å²) in [7, 11) is -1.17. The Morgan fingerprint density at radius 3 is 2.67 bits per heavy atom. The molecule has 0 spiro atoms. The molecular formula is C20H24FN3O2S. The number of carbonyl (C=O) groups is 1. The van der Waals surface area contributed by atoms with Gasteiger partial charge in [-0.3, -0.25) is 9.00 Å². The summed E-state index contributed by atoms with van der Waals surface area (Å²) in [6.07, 6.45) is 4.21. The second kappa shape index (κ2) is 8.19. The molecule has 0 aliphatic carbocycles. The van der Waals surface area contributed by atoms with Gasteiger partial charge in [0.15, 0.2) is 0 Å². The molecule has 1 aliphatic rings. The molecule has 2 unspecified atom stereocenters. The number of rotatable bonds is 5. The lowest BCUT2D eigenvalue weighted by atomic mass is 9.94. The zero-order valence-electron chi connectivity index (χ0n) is 15.3. The number of nitrogens with zero attached hydrogens (tertiary/aromatic N) is 1. The molecule has 1 aliphatic heterocycles. The van der Waals surface area contributed by atoms with E-state index in [0.29, 0.717) is 23.4 Å². The van der Waals surface area contributed by atoms with Gasteiger partial charge < -0.3 is 16.4 Å². The van der Waals surface area contributed by atoms with Crippen molar-refractivity contribution in [3.63, 3.8) is 0 Å². The highest BCUT2D eigenvalue weighted by Gasteiger charge is 2.29. The van der Waals surface area contributed by atoms with E-state index in [-0.39, 0.29) is 18.3 Å². The number of halogens is 1. The number of nitrogens with two attached hydrogens (primary N) is 2. The molecular weight excluding hydrogens is 365 g/mol. The number of piperidine rings is 1. The van der Waals surface area contributed by atoms with Crippen molar-refractivity contribution >= 4 is 22.4 Å². The fourth-order valence-corrected chi connectivity index (χ4v) is 4.21. The maximum absolute atomic E-state index is 13.7. The molecule has 27 heavy (non-hydrogen) atoms. The minimum absolute atomic E-state index is 0.172. The molecule has 1 heterocycles. The van der Waals surface area contributed by atoms with Gasteiger partial charge in [-0.1, -0.05) is 6.07 Å². The van der Waals surface area contributed by atoms with Crippen LogP contribution in [0.1, 0.15) is 24.8 Å². The average molecular weight is 389 g/mol. The van der Waals surface area contributed by atoms with Gasteiger partial charge in [-0.05, 0) is 60.7 Å². The molecule has 0 radical (unpaired) electrons. The van der Waals surface area contributed by atoms with Gasteiger partial charge in [0.25, 0.3) is 0 Å². The molecule has 2 atom stereocenters. The Balaban J connectivity index is 2.20. The van der Waals surface area contributed by atoms with Crippen LogP contribution < -0.4 is 16.4 Å². The summed E-state index contributed by atoms with van der Waals surface area (Å²) in [5.74, 6) is -0.717. The Bertz CT molecular complexity index is 888. The Kier molecular flexibility index (Phi) is 5.92. The van der Waals surface area contributed by atoms with Crippen molar-refractivity contribution in [3.8, 4) is 11.1 Å². The number of anilines is 1. The summed E-state index contributed by atoms with van der Waals surface area (Å²) in [6, 6.07) is 9.60. The van der Waals surface area contributed by atoms with Crippen LogP contribution in [-0.4, -0.2) is 29.0 Å². The van der Waals surface area contributed by atoms with Crippen molar-refractivity contribution in [1.29, 1.82) is 0 Å². The number of hydrogen-bond acceptors (Lipinski definition) is 4. The molecule has 2 aromatic rings. The first-order valence-corrected chi connectivity index (χ1v) is 10.5. The molecule has 3 rings (SSSR count). The summed E-state index contributed by atoms with van der Waals surface area (Å²) in [5, 5.41) is 0. The van der Waals surface area contributed by atoms with Crippen LogP contribution in [-0.2, 0) is 22.1 Å². The Morgan fingerprint density at radius 1 is 1.22 bits per heavy atom. The van der Waals surface area contributed by atoms with Crippen molar-refractivity contribution < 1.29 is 13.4 Å². The van der Waals surface area contributed by atoms with E-state index in [4.69, 9.17) is 11.5 Å². The molecule has 1 saturated heterocycles. The molecule has 144 valence electrons. The van der Waals surface area contributed by atoms with Crippen LogP contribution in [0, 0.1) is 5.82 Å². The Morgan fingerprint density at radius 2 is 2.00 bits per heavy atom. The smallest absolute Gasteiger partial charge is 0.240 e. The number of amides is 1. The predicted molar refractivity (Wildman–Crippen MR) is 106 cm³/mol. The lowest BCUT2D eigenvalue weighted by Crippen LogP contribution is -2.48. The zero-order valence-corrected chi connectivity index (χ0v) is 16.1. The van der Waals surface area contributed by atoms with Crippen LogP contribution >= 0.6 is 0 Å². The highest BCUT2D eigenvalue weighted by molar-refractivity contribution is 7.84. The summed E-state index contributed by atoms with van der Waals surface area (Å²) < 4.78 is 25.7. The molecule has 1 amide bonds. The number of hydrogen-bond donors (Lipinski definition) is 2.